The topological polar surface area (TPSA) is 18.5 Å². The van der Waals surface area contributed by atoms with Crippen molar-refractivity contribution in [3.8, 4) is 0 Å². The van der Waals surface area contributed by atoms with Gasteiger partial charge >= 0.3 is 0 Å². The fourth-order valence-corrected chi connectivity index (χ4v) is 14.1. The molecular formula is C17H32O2SSi. The first-order valence-electron chi connectivity index (χ1n) is 7.91. The van der Waals surface area contributed by atoms with Crippen molar-refractivity contribution in [3.05, 3.63) is 24.3 Å². The van der Waals surface area contributed by atoms with E-state index >= 15 is 0 Å². The summed E-state index contributed by atoms with van der Waals surface area (Å²) in [5, 5.41) is 0. The molecule has 4 heteroatoms. The van der Waals surface area contributed by atoms with Crippen LogP contribution in [0.15, 0.2) is 24.3 Å². The lowest BCUT2D eigenvalue weighted by atomic mass is 10.1. The zero-order valence-corrected chi connectivity index (χ0v) is 16.7. The Hall–Kier alpha value is -0.0331. The van der Waals surface area contributed by atoms with E-state index in [4.69, 9.17) is 9.47 Å². The van der Waals surface area contributed by atoms with Gasteiger partial charge in [0.15, 0.2) is 4.93 Å². The summed E-state index contributed by atoms with van der Waals surface area (Å²) in [6.45, 7) is 14.3. The Kier molecular flexibility index (Phi) is 6.78. The van der Waals surface area contributed by atoms with Gasteiger partial charge in [-0.3, -0.25) is 0 Å². The highest BCUT2D eigenvalue weighted by Gasteiger charge is 2.52. The SMILES string of the molecule is COC1C=CC=CC1(OC)S[Si](C(C)C)(C(C)C)C(C)C. The van der Waals surface area contributed by atoms with Gasteiger partial charge in [-0.1, -0.05) is 59.8 Å². The molecule has 1 aliphatic carbocycles. The quantitative estimate of drug-likeness (QED) is 0.462. The third-order valence-corrected chi connectivity index (χ3v) is 17.6. The normalized spacial score (nSPS) is 26.3. The Bertz CT molecular complexity index is 368. The smallest absolute Gasteiger partial charge is 0.156 e. The highest BCUT2D eigenvalue weighted by Crippen LogP contribution is 2.55. The molecule has 0 aromatic heterocycles. The molecule has 122 valence electrons. The van der Waals surface area contributed by atoms with Crippen molar-refractivity contribution >= 4 is 18.4 Å². The summed E-state index contributed by atoms with van der Waals surface area (Å²) in [7, 11) is 1.94. The van der Waals surface area contributed by atoms with Crippen molar-refractivity contribution in [1.29, 1.82) is 0 Å². The molecule has 2 unspecified atom stereocenters. The van der Waals surface area contributed by atoms with Gasteiger partial charge in [0.2, 0.25) is 0 Å². The van der Waals surface area contributed by atoms with Gasteiger partial charge in [-0.05, 0) is 22.7 Å². The first-order chi connectivity index (χ1) is 9.76. The van der Waals surface area contributed by atoms with Gasteiger partial charge in [0.1, 0.15) is 13.3 Å². The summed E-state index contributed by atoms with van der Waals surface area (Å²) < 4.78 is 11.7. The summed E-state index contributed by atoms with van der Waals surface area (Å²) in [6.07, 6.45) is 8.40. The van der Waals surface area contributed by atoms with E-state index in [2.05, 4.69) is 77.1 Å². The van der Waals surface area contributed by atoms with E-state index in [0.29, 0.717) is 16.6 Å². The zero-order valence-electron chi connectivity index (χ0n) is 14.8. The molecule has 2 nitrogen and oxygen atoms in total. The summed E-state index contributed by atoms with van der Waals surface area (Å²) in [5.41, 5.74) is 2.06. The van der Waals surface area contributed by atoms with Gasteiger partial charge in [-0.25, -0.2) is 0 Å². The Morgan fingerprint density at radius 1 is 0.952 bits per heavy atom. The second-order valence-electron chi connectivity index (χ2n) is 6.75. The number of hydrogen-bond acceptors (Lipinski definition) is 3. The Balaban J connectivity index is 3.27. The zero-order chi connectivity index (χ0) is 16.3. The van der Waals surface area contributed by atoms with Crippen molar-refractivity contribution in [2.24, 2.45) is 0 Å². The van der Waals surface area contributed by atoms with Crippen LogP contribution in [-0.2, 0) is 9.47 Å². The van der Waals surface area contributed by atoms with Crippen molar-refractivity contribution < 1.29 is 9.47 Å². The molecule has 1 rings (SSSR count). The summed E-state index contributed by atoms with van der Waals surface area (Å²) in [6, 6.07) is 0. The van der Waals surface area contributed by atoms with Crippen LogP contribution in [0.5, 0.6) is 0 Å². The van der Waals surface area contributed by atoms with Gasteiger partial charge in [0, 0.05) is 14.2 Å². The molecule has 0 bridgehead atoms. The molecule has 0 saturated carbocycles. The predicted octanol–water partition coefficient (Wildman–Crippen LogP) is 5.38. The average molecular weight is 329 g/mol. The maximum absolute atomic E-state index is 6.02. The van der Waals surface area contributed by atoms with Crippen molar-refractivity contribution in [3.63, 3.8) is 0 Å². The largest absolute Gasteiger partial charge is 0.373 e. The van der Waals surface area contributed by atoms with Gasteiger partial charge in [-0.2, -0.15) is 0 Å². The van der Waals surface area contributed by atoms with E-state index < -0.39 is 12.2 Å². The first kappa shape index (κ1) is 19.0. The molecular weight excluding hydrogens is 296 g/mol. The standard InChI is InChI=1S/C17H32O2SSi/c1-13(2)21(14(3)4,15(5)6)20-17(19-8)12-10-9-11-16(17)18-7/h9-16H,1-8H3. The number of rotatable bonds is 7. The van der Waals surface area contributed by atoms with E-state index in [1.165, 1.54) is 0 Å². The third kappa shape index (κ3) is 3.49. The Labute approximate surface area is 136 Å². The van der Waals surface area contributed by atoms with Gasteiger partial charge in [0.25, 0.3) is 0 Å². The molecule has 0 spiro atoms. The maximum atomic E-state index is 6.02. The second kappa shape index (κ2) is 7.49. The van der Waals surface area contributed by atoms with E-state index in [9.17, 15) is 0 Å². The molecule has 0 heterocycles. The maximum Gasteiger partial charge on any atom is 0.156 e. The highest BCUT2D eigenvalue weighted by molar-refractivity contribution is 8.30. The minimum Gasteiger partial charge on any atom is -0.373 e. The van der Waals surface area contributed by atoms with Crippen LogP contribution in [0.4, 0.5) is 0 Å². The summed E-state index contributed by atoms with van der Waals surface area (Å²) >= 11 is 2.07. The van der Waals surface area contributed by atoms with Crippen molar-refractivity contribution in [2.75, 3.05) is 14.2 Å². The molecule has 0 N–H and O–H groups in total. The van der Waals surface area contributed by atoms with Gasteiger partial charge < -0.3 is 9.47 Å². The lowest BCUT2D eigenvalue weighted by Gasteiger charge is -2.49. The van der Waals surface area contributed by atoms with Crippen LogP contribution in [-0.4, -0.2) is 32.5 Å². The second-order valence-corrected chi connectivity index (χ2v) is 15.5. The van der Waals surface area contributed by atoms with Crippen molar-refractivity contribution in [1.82, 2.24) is 0 Å². The number of ether oxygens (including phenoxy) is 2. The highest BCUT2D eigenvalue weighted by atomic mass is 32.4. The monoisotopic (exact) mass is 328 g/mol. The lowest BCUT2D eigenvalue weighted by Crippen LogP contribution is -2.51. The molecule has 0 aromatic carbocycles. The molecule has 0 amide bonds. The molecule has 0 aliphatic heterocycles. The van der Waals surface area contributed by atoms with E-state index in [0.717, 1.165) is 0 Å². The van der Waals surface area contributed by atoms with Crippen LogP contribution < -0.4 is 0 Å². The van der Waals surface area contributed by atoms with E-state index in [1.807, 2.05) is 7.11 Å². The molecule has 0 saturated heterocycles. The molecule has 0 radical (unpaired) electrons. The van der Waals surface area contributed by atoms with Crippen LogP contribution in [0, 0.1) is 0 Å². The number of hydrogen-bond donors (Lipinski definition) is 0. The molecule has 0 fully saturated rings. The van der Waals surface area contributed by atoms with Crippen LogP contribution >= 0.6 is 11.2 Å². The minimum absolute atomic E-state index is 0.0272. The van der Waals surface area contributed by atoms with Crippen LogP contribution in [0.1, 0.15) is 41.5 Å². The van der Waals surface area contributed by atoms with Crippen LogP contribution in [0.25, 0.3) is 0 Å². The Morgan fingerprint density at radius 2 is 1.48 bits per heavy atom. The van der Waals surface area contributed by atoms with Crippen LogP contribution in [0.3, 0.4) is 0 Å². The molecule has 0 aromatic rings. The van der Waals surface area contributed by atoms with E-state index in [1.54, 1.807) is 7.11 Å². The first-order valence-corrected chi connectivity index (χ1v) is 11.7. The van der Waals surface area contributed by atoms with Gasteiger partial charge in [0.05, 0.1) is 0 Å². The van der Waals surface area contributed by atoms with Crippen molar-refractivity contribution in [2.45, 2.75) is 69.2 Å². The Morgan fingerprint density at radius 3 is 1.86 bits per heavy atom. The lowest BCUT2D eigenvalue weighted by molar-refractivity contribution is -0.00733. The number of allylic oxidation sites excluding steroid dienone is 2. The third-order valence-electron chi connectivity index (χ3n) is 4.74. The van der Waals surface area contributed by atoms with E-state index in [-0.39, 0.29) is 6.10 Å². The summed E-state index contributed by atoms with van der Waals surface area (Å²) in [5.74, 6) is 0. The average Bonchev–Trinajstić information content (AvgIpc) is 2.43. The van der Waals surface area contributed by atoms with Gasteiger partial charge in [-0.15, -0.1) is 11.2 Å². The molecule has 2 atom stereocenters. The number of methoxy groups -OCH3 is 2. The minimum atomic E-state index is -1.64. The van der Waals surface area contributed by atoms with Crippen LogP contribution in [0.2, 0.25) is 16.6 Å². The molecule has 21 heavy (non-hydrogen) atoms. The fraction of sp³-hybridized carbons (Fsp3) is 0.765. The summed E-state index contributed by atoms with van der Waals surface area (Å²) in [4.78, 5) is -0.394. The fourth-order valence-electron chi connectivity index (χ4n) is 3.77. The predicted molar refractivity (Wildman–Crippen MR) is 97.5 cm³/mol. The molecule has 1 aliphatic rings.